The van der Waals surface area contributed by atoms with E-state index in [9.17, 15) is 5.11 Å². The Bertz CT molecular complexity index is 375. The Morgan fingerprint density at radius 3 is 2.85 bits per heavy atom. The molecule has 1 atom stereocenters. The van der Waals surface area contributed by atoms with Crippen molar-refractivity contribution in [3.05, 3.63) is 47.7 Å². The Morgan fingerprint density at radius 2 is 2.31 bits per heavy atom. The van der Waals surface area contributed by atoms with Gasteiger partial charge in [0.2, 0.25) is 0 Å². The molecule has 1 unspecified atom stereocenters. The highest BCUT2D eigenvalue weighted by Crippen LogP contribution is 2.23. The van der Waals surface area contributed by atoms with Crippen LogP contribution in [0.15, 0.2) is 35.1 Å². The van der Waals surface area contributed by atoms with Crippen LogP contribution in [0.4, 0.5) is 0 Å². The molecule has 3 heteroatoms. The number of hydrogen-bond donors (Lipinski definition) is 2. The second-order valence-electron chi connectivity index (χ2n) is 3.00. The van der Waals surface area contributed by atoms with Crippen molar-refractivity contribution in [1.29, 1.82) is 0 Å². The molecule has 0 aliphatic rings. The maximum absolute atomic E-state index is 9.83. The van der Waals surface area contributed by atoms with Gasteiger partial charge in [0.15, 0.2) is 6.10 Å². The molecule has 0 spiro atoms. The molecule has 0 radical (unpaired) electrons. The van der Waals surface area contributed by atoms with Crippen LogP contribution in [0.2, 0.25) is 0 Å². The van der Waals surface area contributed by atoms with Gasteiger partial charge in [-0.05, 0) is 30.7 Å². The molecule has 13 heavy (non-hydrogen) atoms. The van der Waals surface area contributed by atoms with Crippen LogP contribution in [0.1, 0.15) is 23.1 Å². The summed E-state index contributed by atoms with van der Waals surface area (Å²) in [6, 6.07) is 5.50. The standard InChI is InChI=1S/C10H11NO2/c1-7-4-6-13-10(7)9(12)8-3-2-5-11-8/h2-6,9,11-12H,1H3. The topological polar surface area (TPSA) is 49.2 Å². The molecule has 2 aromatic rings. The third-order valence-corrected chi connectivity index (χ3v) is 2.07. The molecular weight excluding hydrogens is 166 g/mol. The van der Waals surface area contributed by atoms with E-state index in [4.69, 9.17) is 4.42 Å². The van der Waals surface area contributed by atoms with Crippen LogP contribution in [-0.2, 0) is 0 Å². The maximum atomic E-state index is 9.83. The minimum Gasteiger partial charge on any atom is -0.466 e. The first kappa shape index (κ1) is 8.13. The molecule has 0 amide bonds. The van der Waals surface area contributed by atoms with Crippen LogP contribution in [-0.4, -0.2) is 10.1 Å². The normalized spacial score (nSPS) is 13.1. The van der Waals surface area contributed by atoms with Crippen LogP contribution in [0, 0.1) is 6.92 Å². The number of furan rings is 1. The lowest BCUT2D eigenvalue weighted by molar-refractivity contribution is 0.184. The van der Waals surface area contributed by atoms with Crippen molar-refractivity contribution in [3.63, 3.8) is 0 Å². The average molecular weight is 177 g/mol. The van der Waals surface area contributed by atoms with Gasteiger partial charge >= 0.3 is 0 Å². The first-order chi connectivity index (χ1) is 6.29. The summed E-state index contributed by atoms with van der Waals surface area (Å²) >= 11 is 0. The van der Waals surface area contributed by atoms with Gasteiger partial charge in [-0.25, -0.2) is 0 Å². The van der Waals surface area contributed by atoms with Gasteiger partial charge in [0.25, 0.3) is 0 Å². The molecule has 0 fully saturated rings. The van der Waals surface area contributed by atoms with Crippen molar-refractivity contribution < 1.29 is 9.52 Å². The van der Waals surface area contributed by atoms with E-state index in [1.165, 1.54) is 0 Å². The highest BCUT2D eigenvalue weighted by Gasteiger charge is 2.16. The highest BCUT2D eigenvalue weighted by atomic mass is 16.4. The second kappa shape index (κ2) is 3.11. The van der Waals surface area contributed by atoms with Crippen LogP contribution in [0.5, 0.6) is 0 Å². The number of rotatable bonds is 2. The summed E-state index contributed by atoms with van der Waals surface area (Å²) in [6.07, 6.45) is 2.66. The van der Waals surface area contributed by atoms with Crippen LogP contribution >= 0.6 is 0 Å². The van der Waals surface area contributed by atoms with Crippen LogP contribution < -0.4 is 0 Å². The number of hydrogen-bond acceptors (Lipinski definition) is 2. The van der Waals surface area contributed by atoms with Crippen molar-refractivity contribution in [1.82, 2.24) is 4.98 Å². The molecule has 0 saturated carbocycles. The maximum Gasteiger partial charge on any atom is 0.151 e. The number of nitrogens with one attached hydrogen (secondary N) is 1. The third kappa shape index (κ3) is 1.38. The molecule has 3 nitrogen and oxygen atoms in total. The number of aromatic amines is 1. The SMILES string of the molecule is Cc1ccoc1C(O)c1ccc[nH]1. The Morgan fingerprint density at radius 1 is 1.46 bits per heavy atom. The summed E-state index contributed by atoms with van der Waals surface area (Å²) in [4.78, 5) is 2.94. The fourth-order valence-corrected chi connectivity index (χ4v) is 1.32. The van der Waals surface area contributed by atoms with Crippen LogP contribution in [0.3, 0.4) is 0 Å². The molecule has 0 aromatic carbocycles. The lowest BCUT2D eigenvalue weighted by Gasteiger charge is -2.06. The van der Waals surface area contributed by atoms with Gasteiger partial charge in [0.1, 0.15) is 5.76 Å². The predicted octanol–water partition coefficient (Wildman–Crippen LogP) is 2.00. The van der Waals surface area contributed by atoms with Gasteiger partial charge < -0.3 is 14.5 Å². The number of aryl methyl sites for hydroxylation is 1. The van der Waals surface area contributed by atoms with E-state index in [2.05, 4.69) is 4.98 Å². The van der Waals surface area contributed by atoms with Gasteiger partial charge in [-0.15, -0.1) is 0 Å². The summed E-state index contributed by atoms with van der Waals surface area (Å²) in [7, 11) is 0. The minimum atomic E-state index is -0.690. The van der Waals surface area contributed by atoms with Gasteiger partial charge in [-0.2, -0.15) is 0 Å². The highest BCUT2D eigenvalue weighted by molar-refractivity contribution is 5.24. The van der Waals surface area contributed by atoms with Gasteiger partial charge in [-0.3, -0.25) is 0 Å². The van der Waals surface area contributed by atoms with Gasteiger partial charge in [-0.1, -0.05) is 0 Å². The summed E-state index contributed by atoms with van der Waals surface area (Å²) in [6.45, 7) is 1.91. The summed E-state index contributed by atoms with van der Waals surface area (Å²) in [5, 5.41) is 9.83. The van der Waals surface area contributed by atoms with Crippen molar-refractivity contribution in [2.75, 3.05) is 0 Å². The van der Waals surface area contributed by atoms with E-state index >= 15 is 0 Å². The molecule has 0 aliphatic carbocycles. The monoisotopic (exact) mass is 177 g/mol. The Balaban J connectivity index is 2.33. The average Bonchev–Trinajstić information content (AvgIpc) is 2.72. The first-order valence-electron chi connectivity index (χ1n) is 4.14. The van der Waals surface area contributed by atoms with E-state index in [0.717, 1.165) is 11.3 Å². The van der Waals surface area contributed by atoms with Gasteiger partial charge in [0.05, 0.1) is 12.0 Å². The number of aliphatic hydroxyl groups is 1. The zero-order valence-electron chi connectivity index (χ0n) is 7.32. The molecule has 2 N–H and O–H groups in total. The lowest BCUT2D eigenvalue weighted by Crippen LogP contribution is -1.99. The summed E-state index contributed by atoms with van der Waals surface area (Å²) in [5.41, 5.74) is 1.71. The zero-order chi connectivity index (χ0) is 9.26. The number of H-pyrrole nitrogens is 1. The molecule has 2 heterocycles. The largest absolute Gasteiger partial charge is 0.466 e. The Kier molecular flexibility index (Phi) is 1.94. The number of aromatic nitrogens is 1. The number of aliphatic hydroxyl groups excluding tert-OH is 1. The van der Waals surface area contributed by atoms with Crippen molar-refractivity contribution >= 4 is 0 Å². The molecule has 0 bridgehead atoms. The molecule has 0 saturated heterocycles. The van der Waals surface area contributed by atoms with Gasteiger partial charge in [0, 0.05) is 6.20 Å². The molecular formula is C10H11NO2. The van der Waals surface area contributed by atoms with Crippen molar-refractivity contribution in [3.8, 4) is 0 Å². The second-order valence-corrected chi connectivity index (χ2v) is 3.00. The first-order valence-corrected chi connectivity index (χ1v) is 4.14. The smallest absolute Gasteiger partial charge is 0.151 e. The summed E-state index contributed by atoms with van der Waals surface area (Å²) in [5.74, 6) is 0.599. The van der Waals surface area contributed by atoms with Crippen LogP contribution in [0.25, 0.3) is 0 Å². The summed E-state index contributed by atoms with van der Waals surface area (Å²) < 4.78 is 5.18. The molecule has 2 rings (SSSR count). The lowest BCUT2D eigenvalue weighted by atomic mass is 10.1. The minimum absolute atomic E-state index is 0.599. The zero-order valence-corrected chi connectivity index (χ0v) is 7.32. The molecule has 0 aliphatic heterocycles. The fourth-order valence-electron chi connectivity index (χ4n) is 1.32. The van der Waals surface area contributed by atoms with E-state index in [1.807, 2.05) is 25.1 Å². The van der Waals surface area contributed by atoms with E-state index in [0.29, 0.717) is 5.76 Å². The van der Waals surface area contributed by atoms with Crippen molar-refractivity contribution in [2.45, 2.75) is 13.0 Å². The Hall–Kier alpha value is -1.48. The van der Waals surface area contributed by atoms with E-state index in [1.54, 1.807) is 12.5 Å². The third-order valence-electron chi connectivity index (χ3n) is 2.07. The molecule has 68 valence electrons. The Labute approximate surface area is 76.0 Å². The quantitative estimate of drug-likeness (QED) is 0.737. The van der Waals surface area contributed by atoms with E-state index < -0.39 is 6.10 Å². The van der Waals surface area contributed by atoms with Crippen molar-refractivity contribution in [2.24, 2.45) is 0 Å². The fraction of sp³-hybridized carbons (Fsp3) is 0.200. The molecule has 2 aromatic heterocycles. The predicted molar refractivity (Wildman–Crippen MR) is 48.3 cm³/mol. The van der Waals surface area contributed by atoms with E-state index in [-0.39, 0.29) is 0 Å².